The maximum Gasteiger partial charge on any atom is 0.410 e. The number of pyridine rings is 1. The van der Waals surface area contributed by atoms with Gasteiger partial charge in [0.25, 0.3) is 0 Å². The molecule has 48 heavy (non-hydrogen) atoms. The minimum Gasteiger partial charge on any atom is -0.444 e. The molecule has 6 rings (SSSR count). The van der Waals surface area contributed by atoms with Crippen molar-refractivity contribution in [2.75, 3.05) is 13.1 Å². The van der Waals surface area contributed by atoms with E-state index in [9.17, 15) is 9.59 Å². The summed E-state index contributed by atoms with van der Waals surface area (Å²) in [5, 5.41) is 0.719. The molecule has 252 valence electrons. The van der Waals surface area contributed by atoms with Gasteiger partial charge in [0, 0.05) is 60.2 Å². The molecule has 0 bridgehead atoms. The lowest BCUT2D eigenvalue weighted by Gasteiger charge is -2.43. The Morgan fingerprint density at radius 2 is 1.77 bits per heavy atom. The van der Waals surface area contributed by atoms with Crippen LogP contribution in [0.2, 0.25) is 5.02 Å². The molecule has 1 aliphatic heterocycles. The lowest BCUT2D eigenvalue weighted by atomic mass is 9.74. The first kappa shape index (κ1) is 34.3. The smallest absolute Gasteiger partial charge is 0.410 e. The molecular weight excluding hydrogens is 688 g/mol. The van der Waals surface area contributed by atoms with Gasteiger partial charge in [-0.2, -0.15) is 0 Å². The van der Waals surface area contributed by atoms with Gasteiger partial charge in [0.15, 0.2) is 0 Å². The average Bonchev–Trinajstić information content (AvgIpc) is 3.52. The van der Waals surface area contributed by atoms with Gasteiger partial charge in [-0.1, -0.05) is 48.0 Å². The molecule has 0 saturated carbocycles. The lowest BCUT2D eigenvalue weighted by Crippen LogP contribution is -2.56. The van der Waals surface area contributed by atoms with Crippen LogP contribution < -0.4 is 0 Å². The third kappa shape index (κ3) is 8.15. The Balaban J connectivity index is 1.36. The molecule has 1 fully saturated rings. The Kier molecular flexibility index (Phi) is 10.6. The number of rotatable bonds is 8. The molecule has 0 N–H and O–H groups in total. The van der Waals surface area contributed by atoms with Crippen LogP contribution in [-0.2, 0) is 35.5 Å². The van der Waals surface area contributed by atoms with Crippen molar-refractivity contribution in [3.8, 4) is 0 Å². The Labute approximate surface area is 297 Å². The molecule has 7 nitrogen and oxygen atoms in total. The van der Waals surface area contributed by atoms with Crippen molar-refractivity contribution in [3.63, 3.8) is 0 Å². The Bertz CT molecular complexity index is 1670. The predicted octanol–water partition coefficient (Wildman–Crippen LogP) is 8.66. The van der Waals surface area contributed by atoms with Crippen molar-refractivity contribution >= 4 is 39.5 Å². The number of likely N-dealkylation sites (tertiary alicyclic amines) is 1. The number of piperidine rings is 1. The topological polar surface area (TPSA) is 67.7 Å². The quantitative estimate of drug-likeness (QED) is 0.182. The van der Waals surface area contributed by atoms with Crippen LogP contribution in [0.4, 0.5) is 4.79 Å². The van der Waals surface area contributed by atoms with Crippen molar-refractivity contribution in [2.24, 2.45) is 5.92 Å². The first-order valence-electron chi connectivity index (χ1n) is 16.9. The number of fused-ring (bicyclic) bond motifs is 2. The monoisotopic (exact) mass is 730 g/mol. The van der Waals surface area contributed by atoms with Crippen LogP contribution in [0, 0.1) is 5.92 Å². The highest BCUT2D eigenvalue weighted by atomic mass is 79.9. The van der Waals surface area contributed by atoms with E-state index in [0.717, 1.165) is 53.0 Å². The summed E-state index contributed by atoms with van der Waals surface area (Å²) in [6, 6.07) is 21.8. The second-order valence-corrected chi connectivity index (χ2v) is 15.4. The van der Waals surface area contributed by atoms with Gasteiger partial charge in [-0.25, -0.2) is 4.79 Å². The Morgan fingerprint density at radius 3 is 2.52 bits per heavy atom. The van der Waals surface area contributed by atoms with Crippen LogP contribution in [0.25, 0.3) is 0 Å². The van der Waals surface area contributed by atoms with E-state index in [1.807, 2.05) is 80.7 Å². The SMILES string of the molecule is CC(C)(C)OC(=O)N1CCC([C@@H]2c3ccc(Cl)cc3CCc3cc(Br)cnc32)CC1C(=O)N(CCCn1cccc1)Cc1ccccc1. The van der Waals surface area contributed by atoms with Crippen LogP contribution in [0.5, 0.6) is 0 Å². The number of carbonyl (C=O) groups excluding carboxylic acids is 2. The maximum atomic E-state index is 14.9. The van der Waals surface area contributed by atoms with E-state index in [0.29, 0.717) is 26.1 Å². The van der Waals surface area contributed by atoms with Gasteiger partial charge >= 0.3 is 6.09 Å². The molecule has 3 heterocycles. The van der Waals surface area contributed by atoms with Gasteiger partial charge in [-0.15, -0.1) is 0 Å². The molecule has 2 unspecified atom stereocenters. The van der Waals surface area contributed by atoms with E-state index in [1.54, 1.807) is 4.90 Å². The first-order chi connectivity index (χ1) is 23.1. The van der Waals surface area contributed by atoms with Crippen LogP contribution in [0.3, 0.4) is 0 Å². The zero-order chi connectivity index (χ0) is 33.8. The molecule has 3 atom stereocenters. The molecule has 2 aromatic heterocycles. The second kappa shape index (κ2) is 14.9. The van der Waals surface area contributed by atoms with E-state index in [2.05, 4.69) is 50.8 Å². The van der Waals surface area contributed by atoms with E-state index >= 15 is 0 Å². The molecule has 0 spiro atoms. The lowest BCUT2D eigenvalue weighted by molar-refractivity contribution is -0.139. The largest absolute Gasteiger partial charge is 0.444 e. The van der Waals surface area contributed by atoms with E-state index < -0.39 is 17.7 Å². The maximum absolute atomic E-state index is 14.9. The molecule has 1 aliphatic carbocycles. The van der Waals surface area contributed by atoms with Crippen LogP contribution in [0.15, 0.2) is 89.8 Å². The number of aromatic nitrogens is 2. The zero-order valence-electron chi connectivity index (χ0n) is 27.9. The van der Waals surface area contributed by atoms with Crippen molar-refractivity contribution in [1.29, 1.82) is 0 Å². The molecule has 9 heteroatoms. The number of hydrogen-bond donors (Lipinski definition) is 0. The summed E-state index contributed by atoms with van der Waals surface area (Å²) in [7, 11) is 0. The molecule has 2 aromatic carbocycles. The van der Waals surface area contributed by atoms with Crippen molar-refractivity contribution in [1.82, 2.24) is 19.4 Å². The third-order valence-electron chi connectivity index (χ3n) is 9.43. The standard InChI is InChI=1S/C39H44BrClN4O3/c1-39(2,3)48-38(47)45-21-16-29(35-33-15-14-32(41)23-28(33)12-13-30-22-31(40)25-42-36(30)35)24-34(45)37(46)44(26-27-10-5-4-6-11-27)20-9-19-43-17-7-8-18-43/h4-8,10-11,14-15,17-18,22-23,25,29,34-35H,9,12-13,16,19-21,24,26H2,1-3H3/t29?,34?,35-/m1/s1. The zero-order valence-corrected chi connectivity index (χ0v) is 30.3. The summed E-state index contributed by atoms with van der Waals surface area (Å²) in [5.74, 6) is -0.00679. The highest BCUT2D eigenvalue weighted by molar-refractivity contribution is 9.10. The minimum atomic E-state index is -0.683. The fraction of sp³-hybridized carbons (Fsp3) is 0.410. The minimum absolute atomic E-state index is 0.0322. The number of halogens is 2. The van der Waals surface area contributed by atoms with Gasteiger partial charge < -0.3 is 14.2 Å². The first-order valence-corrected chi connectivity index (χ1v) is 18.1. The second-order valence-electron chi connectivity index (χ2n) is 14.0. The molecular formula is C39H44BrClN4O3. The summed E-state index contributed by atoms with van der Waals surface area (Å²) < 4.78 is 8.99. The summed E-state index contributed by atoms with van der Waals surface area (Å²) in [6.07, 6.45) is 9.25. The highest BCUT2D eigenvalue weighted by Crippen LogP contribution is 2.45. The van der Waals surface area contributed by atoms with Crippen molar-refractivity contribution < 1.29 is 14.3 Å². The molecule has 4 aromatic rings. The predicted molar refractivity (Wildman–Crippen MR) is 193 cm³/mol. The van der Waals surface area contributed by atoms with Gasteiger partial charge in [0.1, 0.15) is 11.6 Å². The fourth-order valence-electron chi connectivity index (χ4n) is 7.27. The van der Waals surface area contributed by atoms with E-state index in [4.69, 9.17) is 21.3 Å². The van der Waals surface area contributed by atoms with E-state index in [1.165, 1.54) is 16.7 Å². The summed E-state index contributed by atoms with van der Waals surface area (Å²) in [4.78, 5) is 37.3. The highest BCUT2D eigenvalue weighted by Gasteiger charge is 2.44. The Hall–Kier alpha value is -3.62. The average molecular weight is 732 g/mol. The van der Waals surface area contributed by atoms with Crippen LogP contribution >= 0.6 is 27.5 Å². The van der Waals surface area contributed by atoms with Crippen molar-refractivity contribution in [2.45, 2.75) is 83.5 Å². The van der Waals surface area contributed by atoms with Crippen LogP contribution in [-0.4, -0.2) is 56.1 Å². The van der Waals surface area contributed by atoms with Gasteiger partial charge in [-0.3, -0.25) is 14.7 Å². The number of benzene rings is 2. The summed E-state index contributed by atoms with van der Waals surface area (Å²) in [6.45, 7) is 7.86. The number of amides is 2. The molecule has 2 amide bonds. The molecule has 0 radical (unpaired) electrons. The van der Waals surface area contributed by atoms with Gasteiger partial charge in [-0.05, 0) is 127 Å². The van der Waals surface area contributed by atoms with E-state index in [-0.39, 0.29) is 17.7 Å². The van der Waals surface area contributed by atoms with Gasteiger partial charge in [0.05, 0.1) is 5.69 Å². The fourth-order valence-corrected chi connectivity index (χ4v) is 7.85. The number of hydrogen-bond acceptors (Lipinski definition) is 4. The molecule has 1 saturated heterocycles. The van der Waals surface area contributed by atoms with Gasteiger partial charge in [0.2, 0.25) is 5.91 Å². The number of ether oxygens (including phenoxy) is 1. The Morgan fingerprint density at radius 1 is 1.02 bits per heavy atom. The van der Waals surface area contributed by atoms with Crippen LogP contribution in [0.1, 0.15) is 73.9 Å². The number of nitrogens with zero attached hydrogens (tertiary/aromatic N) is 4. The normalized spacial score (nSPS) is 19.2. The van der Waals surface area contributed by atoms with Crippen molar-refractivity contribution in [3.05, 3.63) is 123 Å². The summed E-state index contributed by atoms with van der Waals surface area (Å²) >= 11 is 10.2. The molecule has 2 aliphatic rings. The third-order valence-corrected chi connectivity index (χ3v) is 10.1. The number of aryl methyl sites for hydroxylation is 3. The number of carbonyl (C=O) groups is 2. The summed E-state index contributed by atoms with van der Waals surface area (Å²) in [5.41, 5.74) is 5.06.